The van der Waals surface area contributed by atoms with Gasteiger partial charge in [-0.1, -0.05) is 55.4 Å². The third kappa shape index (κ3) is 15000. The van der Waals surface area contributed by atoms with Crippen LogP contribution >= 0.6 is 0 Å². The van der Waals surface area contributed by atoms with Gasteiger partial charge in [0, 0.05) is 0 Å². The third-order valence-electron chi connectivity index (χ3n) is 0. The minimum atomic E-state index is -0.417. The van der Waals surface area contributed by atoms with Crippen molar-refractivity contribution in [3.05, 3.63) is 0 Å². The molecule has 0 amide bonds. The van der Waals surface area contributed by atoms with Crippen molar-refractivity contribution in [3.63, 3.8) is 0 Å². The fourth-order valence-electron chi connectivity index (χ4n) is 0. The maximum Gasteiger partial charge on any atom is 4.00 e. The van der Waals surface area contributed by atoms with Gasteiger partial charge in [-0.15, -0.1) is 24.4 Å². The fourth-order valence-corrected chi connectivity index (χ4v) is 0. The molecule has 0 fully saturated rings. The first-order valence-electron chi connectivity index (χ1n) is 5.56. The van der Waals surface area contributed by atoms with Crippen LogP contribution in [0.1, 0.15) is 55.4 Å². The molecule has 0 atom stereocenters. The first-order valence-corrected chi connectivity index (χ1v) is 5.56. The second-order valence-electron chi connectivity index (χ2n) is 4.20. The minimum Gasteiger partial charge on any atom is -0.852 e. The topological polar surface area (TPSA) is 127 Å². The first-order chi connectivity index (χ1) is 6.93. The van der Waals surface area contributed by atoms with Crippen molar-refractivity contribution < 1.29 is 42.1 Å². The van der Waals surface area contributed by atoms with Crippen molar-refractivity contribution in [1.29, 1.82) is 0 Å². The molecular weight excluding hydrogens is 270 g/mol. The molecule has 112 valence electrons. The van der Waals surface area contributed by atoms with Crippen LogP contribution in [0.15, 0.2) is 0 Å². The Morgan fingerprint density at radius 3 is 0.444 bits per heavy atom. The van der Waals surface area contributed by atoms with Crippen LogP contribution in [0.5, 0.6) is 0 Å². The monoisotopic (exact) mass is 301 g/mol. The minimum absolute atomic E-state index is 0. The molecule has 0 saturated carbocycles. The summed E-state index contributed by atoms with van der Waals surface area (Å²) in [7, 11) is 0. The van der Waals surface area contributed by atoms with Gasteiger partial charge in [0.15, 0.2) is 0 Å². The zero-order valence-electron chi connectivity index (χ0n) is 13.1. The summed E-state index contributed by atoms with van der Waals surface area (Å²) in [4.78, 5) is 0. The van der Waals surface area contributed by atoms with Crippen molar-refractivity contribution in [2.75, 3.05) is 0 Å². The quantitative estimate of drug-likeness (QED) is 0.585. The van der Waals surface area contributed by atoms with E-state index in [1.807, 2.05) is 0 Å². The van der Waals surface area contributed by atoms with Crippen molar-refractivity contribution in [1.82, 2.24) is 6.15 Å². The summed E-state index contributed by atoms with van der Waals surface area (Å²) >= 11 is 0. The molecular formula is C12H31NO4Ti. The van der Waals surface area contributed by atoms with Crippen LogP contribution in [-0.2, 0) is 21.7 Å². The van der Waals surface area contributed by atoms with Gasteiger partial charge in [0.2, 0.25) is 0 Å². The molecule has 0 saturated heterocycles. The van der Waals surface area contributed by atoms with Crippen molar-refractivity contribution in [2.24, 2.45) is 0 Å². The molecule has 0 bridgehead atoms. The van der Waals surface area contributed by atoms with E-state index in [0.29, 0.717) is 0 Å². The van der Waals surface area contributed by atoms with Crippen LogP contribution < -0.4 is 26.6 Å². The van der Waals surface area contributed by atoms with E-state index in [1.54, 1.807) is 55.4 Å². The van der Waals surface area contributed by atoms with Crippen molar-refractivity contribution in [2.45, 2.75) is 79.8 Å². The molecule has 5 nitrogen and oxygen atoms in total. The molecule has 0 unspecified atom stereocenters. The van der Waals surface area contributed by atoms with Crippen LogP contribution in [0.4, 0.5) is 0 Å². The van der Waals surface area contributed by atoms with E-state index in [9.17, 15) is 20.4 Å². The molecule has 0 heterocycles. The Kier molecular flexibility index (Phi) is 61.4. The number of hydrogen-bond donors (Lipinski definition) is 1. The Morgan fingerprint density at radius 1 is 0.444 bits per heavy atom. The largest absolute Gasteiger partial charge is 4.00 e. The summed E-state index contributed by atoms with van der Waals surface area (Å²) in [5.74, 6) is 0. The summed E-state index contributed by atoms with van der Waals surface area (Å²) in [6, 6.07) is 0. The van der Waals surface area contributed by atoms with Crippen LogP contribution in [0.25, 0.3) is 0 Å². The van der Waals surface area contributed by atoms with Gasteiger partial charge in [-0.2, -0.15) is 0 Å². The maximum atomic E-state index is 9.53. The molecule has 0 rings (SSSR count). The van der Waals surface area contributed by atoms with E-state index >= 15 is 0 Å². The van der Waals surface area contributed by atoms with Crippen LogP contribution in [0.2, 0.25) is 0 Å². The van der Waals surface area contributed by atoms with E-state index in [2.05, 4.69) is 0 Å². The van der Waals surface area contributed by atoms with Gasteiger partial charge in [0.05, 0.1) is 0 Å². The van der Waals surface area contributed by atoms with Crippen LogP contribution in [-0.4, -0.2) is 24.4 Å². The van der Waals surface area contributed by atoms with Gasteiger partial charge in [0.1, 0.15) is 0 Å². The van der Waals surface area contributed by atoms with Gasteiger partial charge in [-0.25, -0.2) is 0 Å². The van der Waals surface area contributed by atoms with Gasteiger partial charge in [-0.3, -0.25) is 0 Å². The number of rotatable bonds is 0. The molecule has 0 aliphatic carbocycles. The van der Waals surface area contributed by atoms with Gasteiger partial charge >= 0.3 is 21.7 Å². The zero-order valence-corrected chi connectivity index (χ0v) is 14.7. The molecule has 0 spiro atoms. The smallest absolute Gasteiger partial charge is 0.852 e. The Morgan fingerprint density at radius 2 is 0.444 bits per heavy atom. The normalized spacial score (nSPS) is 8.00. The molecule has 6 heteroatoms. The second-order valence-corrected chi connectivity index (χ2v) is 4.20. The molecule has 0 aliphatic heterocycles. The predicted molar refractivity (Wildman–Crippen MR) is 65.6 cm³/mol. The summed E-state index contributed by atoms with van der Waals surface area (Å²) in [5, 5.41) is 38.1. The molecule has 0 aliphatic rings. The molecule has 0 aromatic heterocycles. The fraction of sp³-hybridized carbons (Fsp3) is 1.00. The predicted octanol–water partition coefficient (Wildman–Crippen LogP) is -0.820. The first kappa shape index (κ1) is 36.3. The van der Waals surface area contributed by atoms with E-state index in [-0.39, 0.29) is 27.9 Å². The maximum absolute atomic E-state index is 9.53. The molecule has 3 N–H and O–H groups in total. The summed E-state index contributed by atoms with van der Waals surface area (Å²) in [6.07, 6.45) is -1.67. The molecule has 0 aromatic rings. The third-order valence-corrected chi connectivity index (χ3v) is 0. The Bertz CT molecular complexity index is 67.1. The average molecular weight is 301 g/mol. The van der Waals surface area contributed by atoms with E-state index < -0.39 is 24.4 Å². The summed E-state index contributed by atoms with van der Waals surface area (Å²) in [6.45, 7) is 12.9. The summed E-state index contributed by atoms with van der Waals surface area (Å²) in [5.41, 5.74) is 0. The van der Waals surface area contributed by atoms with Crippen molar-refractivity contribution >= 4 is 0 Å². The molecule has 0 radical (unpaired) electrons. The Labute approximate surface area is 128 Å². The standard InChI is InChI=1S/4C3H7O.H3N.Ti/c4*1-3(2)4;;/h4*3H,1-2H3;1H3;/q4*-1;;+4. The van der Waals surface area contributed by atoms with Gasteiger partial charge in [0.25, 0.3) is 0 Å². The Balaban J connectivity index is -0.0000000257. The zero-order chi connectivity index (χ0) is 14.3. The van der Waals surface area contributed by atoms with Crippen LogP contribution in [0, 0.1) is 0 Å². The van der Waals surface area contributed by atoms with E-state index in [0.717, 1.165) is 0 Å². The molecule has 18 heavy (non-hydrogen) atoms. The number of hydrogen-bond acceptors (Lipinski definition) is 5. The van der Waals surface area contributed by atoms with Crippen molar-refractivity contribution in [3.8, 4) is 0 Å². The van der Waals surface area contributed by atoms with E-state index in [4.69, 9.17) is 0 Å². The second kappa shape index (κ2) is 30.5. The Hall–Kier alpha value is 0.514. The van der Waals surface area contributed by atoms with Gasteiger partial charge < -0.3 is 26.6 Å². The van der Waals surface area contributed by atoms with Crippen LogP contribution in [0.3, 0.4) is 0 Å². The summed E-state index contributed by atoms with van der Waals surface area (Å²) < 4.78 is 0. The molecule has 0 aromatic carbocycles. The average Bonchev–Trinajstić information content (AvgIpc) is 1.76. The van der Waals surface area contributed by atoms with Gasteiger partial charge in [-0.05, 0) is 0 Å². The SMILES string of the molecule is CC(C)[O-].CC(C)[O-].CC(C)[O-].CC(C)[O-].N.[Ti+4]. The van der Waals surface area contributed by atoms with E-state index in [1.165, 1.54) is 0 Å².